The van der Waals surface area contributed by atoms with Gasteiger partial charge in [-0.1, -0.05) is 25.1 Å². The van der Waals surface area contributed by atoms with Crippen LogP contribution >= 0.6 is 11.3 Å². The molecule has 20 heavy (non-hydrogen) atoms. The predicted molar refractivity (Wildman–Crippen MR) is 86.6 cm³/mol. The Balaban J connectivity index is 1.31. The number of fused-ring (bicyclic) bond motifs is 1. The summed E-state index contributed by atoms with van der Waals surface area (Å²) in [7, 11) is 0. The molecule has 108 valence electrons. The summed E-state index contributed by atoms with van der Waals surface area (Å²) in [4.78, 5) is 3.95. The van der Waals surface area contributed by atoms with Crippen molar-refractivity contribution in [2.24, 2.45) is 5.92 Å². The molecule has 1 aromatic carbocycles. The number of rotatable bonds is 7. The van der Waals surface area contributed by atoms with Crippen LogP contribution in [0.4, 0.5) is 0 Å². The molecule has 2 nitrogen and oxygen atoms in total. The van der Waals surface area contributed by atoms with Gasteiger partial charge < -0.3 is 9.64 Å². The van der Waals surface area contributed by atoms with Crippen molar-refractivity contribution in [3.05, 3.63) is 35.2 Å². The Labute approximate surface area is 125 Å². The predicted octanol–water partition coefficient (Wildman–Crippen LogP) is 3.80. The largest absolute Gasteiger partial charge is 0.381 e. The van der Waals surface area contributed by atoms with Crippen LogP contribution in [0.15, 0.2) is 30.3 Å². The molecule has 1 fully saturated rings. The van der Waals surface area contributed by atoms with Crippen molar-refractivity contribution < 1.29 is 4.74 Å². The first-order valence-electron chi connectivity index (χ1n) is 7.59. The van der Waals surface area contributed by atoms with Crippen LogP contribution in [0.5, 0.6) is 0 Å². The van der Waals surface area contributed by atoms with Crippen LogP contribution in [0.2, 0.25) is 0 Å². The Morgan fingerprint density at radius 3 is 2.90 bits per heavy atom. The summed E-state index contributed by atoms with van der Waals surface area (Å²) in [6, 6.07) is 10.9. The van der Waals surface area contributed by atoms with Crippen molar-refractivity contribution >= 4 is 21.4 Å². The summed E-state index contributed by atoms with van der Waals surface area (Å²) in [5.41, 5.74) is 0. The standard InChI is InChI=1S/C17H23NOS/c1-14-12-18(13-14)8-4-9-19-10-7-16-11-15-5-2-3-6-17(15)20-16/h2-3,5-6,11,14H,4,7-10,12-13H2,1H3. The molecule has 0 atom stereocenters. The fourth-order valence-electron chi connectivity index (χ4n) is 2.84. The van der Waals surface area contributed by atoms with Gasteiger partial charge in [-0.25, -0.2) is 0 Å². The van der Waals surface area contributed by atoms with Crippen molar-refractivity contribution in [3.8, 4) is 0 Å². The summed E-state index contributed by atoms with van der Waals surface area (Å²) in [6.45, 7) is 7.83. The molecule has 0 bridgehead atoms. The molecule has 1 aliphatic rings. The minimum atomic E-state index is 0.850. The molecule has 1 aliphatic heterocycles. The maximum atomic E-state index is 5.76. The number of likely N-dealkylation sites (tertiary alicyclic amines) is 1. The van der Waals surface area contributed by atoms with Crippen molar-refractivity contribution in [3.63, 3.8) is 0 Å². The van der Waals surface area contributed by atoms with E-state index in [4.69, 9.17) is 4.74 Å². The van der Waals surface area contributed by atoms with Crippen LogP contribution < -0.4 is 0 Å². The highest BCUT2D eigenvalue weighted by atomic mass is 32.1. The van der Waals surface area contributed by atoms with Crippen molar-refractivity contribution in [1.82, 2.24) is 4.90 Å². The van der Waals surface area contributed by atoms with Gasteiger partial charge in [0, 0.05) is 42.2 Å². The SMILES string of the molecule is CC1CN(CCCOCCc2cc3ccccc3s2)C1. The second-order valence-corrected chi connectivity index (χ2v) is 7.00. The summed E-state index contributed by atoms with van der Waals surface area (Å²) in [5, 5.41) is 1.36. The summed E-state index contributed by atoms with van der Waals surface area (Å²) >= 11 is 1.89. The molecular weight excluding hydrogens is 266 g/mol. The van der Waals surface area contributed by atoms with Gasteiger partial charge >= 0.3 is 0 Å². The van der Waals surface area contributed by atoms with Crippen LogP contribution in [0.25, 0.3) is 10.1 Å². The van der Waals surface area contributed by atoms with Crippen LogP contribution in [0.1, 0.15) is 18.2 Å². The topological polar surface area (TPSA) is 12.5 Å². The summed E-state index contributed by atoms with van der Waals surface area (Å²) in [5.74, 6) is 0.906. The molecule has 0 amide bonds. The van der Waals surface area contributed by atoms with E-state index in [9.17, 15) is 0 Å². The highest BCUT2D eigenvalue weighted by Gasteiger charge is 2.20. The zero-order chi connectivity index (χ0) is 13.8. The van der Waals surface area contributed by atoms with Crippen LogP contribution in [0, 0.1) is 5.92 Å². The highest BCUT2D eigenvalue weighted by molar-refractivity contribution is 7.19. The molecule has 0 radical (unpaired) electrons. The average Bonchev–Trinajstić information content (AvgIpc) is 2.83. The number of benzene rings is 1. The maximum Gasteiger partial charge on any atom is 0.0514 e. The van der Waals surface area contributed by atoms with Crippen LogP contribution in [-0.2, 0) is 11.2 Å². The van der Waals surface area contributed by atoms with E-state index < -0.39 is 0 Å². The lowest BCUT2D eigenvalue weighted by Crippen LogP contribution is -2.45. The zero-order valence-electron chi connectivity index (χ0n) is 12.2. The van der Waals surface area contributed by atoms with E-state index in [1.54, 1.807) is 0 Å². The van der Waals surface area contributed by atoms with Crippen molar-refractivity contribution in [2.75, 3.05) is 32.8 Å². The Bertz CT molecular complexity index is 512. The highest BCUT2D eigenvalue weighted by Crippen LogP contribution is 2.25. The van der Waals surface area contributed by atoms with Gasteiger partial charge in [-0.05, 0) is 29.9 Å². The smallest absolute Gasteiger partial charge is 0.0514 e. The van der Waals surface area contributed by atoms with Crippen LogP contribution in [-0.4, -0.2) is 37.7 Å². The second kappa shape index (κ2) is 6.70. The third kappa shape index (κ3) is 3.60. The Hall–Kier alpha value is -0.900. The number of ether oxygens (including phenoxy) is 1. The molecule has 2 heterocycles. The van der Waals surface area contributed by atoms with Gasteiger partial charge in [0.25, 0.3) is 0 Å². The zero-order valence-corrected chi connectivity index (χ0v) is 13.0. The maximum absolute atomic E-state index is 5.76. The Kier molecular flexibility index (Phi) is 4.71. The molecule has 2 aromatic rings. The Morgan fingerprint density at radius 1 is 1.25 bits per heavy atom. The van der Waals surface area contributed by atoms with Gasteiger partial charge in [0.1, 0.15) is 0 Å². The van der Waals surface area contributed by atoms with E-state index in [-0.39, 0.29) is 0 Å². The van der Waals surface area contributed by atoms with E-state index in [0.717, 1.165) is 25.6 Å². The first-order valence-corrected chi connectivity index (χ1v) is 8.40. The van der Waals surface area contributed by atoms with E-state index in [2.05, 4.69) is 42.2 Å². The first-order chi connectivity index (χ1) is 9.81. The number of nitrogens with zero attached hydrogens (tertiary/aromatic N) is 1. The van der Waals surface area contributed by atoms with Crippen molar-refractivity contribution in [1.29, 1.82) is 0 Å². The number of hydrogen-bond acceptors (Lipinski definition) is 3. The molecule has 3 rings (SSSR count). The fraction of sp³-hybridized carbons (Fsp3) is 0.529. The minimum Gasteiger partial charge on any atom is -0.381 e. The molecule has 0 aliphatic carbocycles. The third-order valence-corrected chi connectivity index (χ3v) is 5.05. The summed E-state index contributed by atoms with van der Waals surface area (Å²) in [6.07, 6.45) is 2.21. The van der Waals surface area contributed by atoms with Gasteiger partial charge in [-0.15, -0.1) is 11.3 Å². The minimum absolute atomic E-state index is 0.850. The summed E-state index contributed by atoms with van der Waals surface area (Å²) < 4.78 is 7.14. The van der Waals surface area contributed by atoms with E-state index in [1.165, 1.54) is 41.0 Å². The number of hydrogen-bond donors (Lipinski definition) is 0. The monoisotopic (exact) mass is 289 g/mol. The molecule has 1 aromatic heterocycles. The normalized spacial score (nSPS) is 16.6. The molecule has 0 N–H and O–H groups in total. The molecule has 0 spiro atoms. The van der Waals surface area contributed by atoms with E-state index in [1.807, 2.05) is 11.3 Å². The number of thiophene rings is 1. The van der Waals surface area contributed by atoms with E-state index >= 15 is 0 Å². The molecule has 0 unspecified atom stereocenters. The van der Waals surface area contributed by atoms with Gasteiger partial charge in [0.2, 0.25) is 0 Å². The molecule has 1 saturated heterocycles. The quantitative estimate of drug-likeness (QED) is 0.719. The third-order valence-electron chi connectivity index (χ3n) is 3.87. The lowest BCUT2D eigenvalue weighted by molar-refractivity contribution is 0.0828. The van der Waals surface area contributed by atoms with E-state index in [0.29, 0.717) is 0 Å². The van der Waals surface area contributed by atoms with Gasteiger partial charge in [0.05, 0.1) is 6.61 Å². The molecular formula is C17H23NOS. The van der Waals surface area contributed by atoms with Crippen LogP contribution in [0.3, 0.4) is 0 Å². The Morgan fingerprint density at radius 2 is 2.10 bits per heavy atom. The second-order valence-electron chi connectivity index (χ2n) is 5.83. The average molecular weight is 289 g/mol. The fourth-order valence-corrected chi connectivity index (χ4v) is 3.88. The van der Waals surface area contributed by atoms with Gasteiger partial charge in [0.15, 0.2) is 0 Å². The van der Waals surface area contributed by atoms with Gasteiger partial charge in [-0.3, -0.25) is 0 Å². The van der Waals surface area contributed by atoms with Crippen molar-refractivity contribution in [2.45, 2.75) is 19.8 Å². The molecule has 0 saturated carbocycles. The lowest BCUT2D eigenvalue weighted by atomic mass is 10.0. The lowest BCUT2D eigenvalue weighted by Gasteiger charge is -2.37. The molecule has 3 heteroatoms. The first kappa shape index (κ1) is 14.1. The van der Waals surface area contributed by atoms with Gasteiger partial charge in [-0.2, -0.15) is 0 Å².